The van der Waals surface area contributed by atoms with Gasteiger partial charge in [-0.2, -0.15) is 0 Å². The molecule has 1 amide bonds. The molecule has 1 heterocycles. The van der Waals surface area contributed by atoms with Gasteiger partial charge in [-0.15, -0.1) is 0 Å². The number of nitrogens with zero attached hydrogens (tertiary/aromatic N) is 2. The zero-order valence-electron chi connectivity index (χ0n) is 23.8. The number of methoxy groups -OCH3 is 1. The van der Waals surface area contributed by atoms with Crippen molar-refractivity contribution < 1.29 is 22.7 Å². The molecule has 0 radical (unpaired) electrons. The van der Waals surface area contributed by atoms with Gasteiger partial charge in [0.1, 0.15) is 0 Å². The fourth-order valence-electron chi connectivity index (χ4n) is 4.56. The van der Waals surface area contributed by atoms with Crippen LogP contribution < -0.4 is 14.9 Å². The van der Waals surface area contributed by atoms with Gasteiger partial charge in [0, 0.05) is 24.3 Å². The van der Waals surface area contributed by atoms with E-state index in [9.17, 15) is 18.0 Å². The second kappa shape index (κ2) is 13.0. The average Bonchev–Trinajstić information content (AvgIpc) is 3.30. The van der Waals surface area contributed by atoms with Gasteiger partial charge in [0.15, 0.2) is 0 Å². The van der Waals surface area contributed by atoms with Crippen LogP contribution in [0.15, 0.2) is 72.8 Å². The summed E-state index contributed by atoms with van der Waals surface area (Å²) in [7, 11) is 1.65. The Hall–Kier alpha value is -4.15. The van der Waals surface area contributed by atoms with Crippen molar-refractivity contribution in [1.29, 1.82) is 0 Å². The lowest BCUT2D eigenvalue weighted by Gasteiger charge is -2.26. The lowest BCUT2D eigenvalue weighted by Crippen LogP contribution is -2.38. The van der Waals surface area contributed by atoms with Crippen LogP contribution in [0.5, 0.6) is 0 Å². The number of carbonyl (C=O) groups excluding carboxylic acids is 2. The first-order chi connectivity index (χ1) is 19.6. The number of carbonyl (C=O) groups is 2. The van der Waals surface area contributed by atoms with Gasteiger partial charge < -0.3 is 20.3 Å². The molecule has 1 aliphatic heterocycles. The highest BCUT2D eigenvalue weighted by Gasteiger charge is 2.29. The Balaban J connectivity index is 1.72. The third kappa shape index (κ3) is 6.96. The van der Waals surface area contributed by atoms with E-state index in [-0.39, 0.29) is 11.7 Å². The Labute approximate surface area is 241 Å². The van der Waals surface area contributed by atoms with Crippen LogP contribution in [0.3, 0.4) is 0 Å². The number of nitrogens with one attached hydrogen (secondary N) is 2. The molecule has 0 aromatic heterocycles. The molecule has 0 saturated heterocycles. The standard InChI is InChI=1S/C31H36N4O5S/c1-5-6-20-41(38,39)35(19-18-34(2)3)25-15-13-24(14-16-25)32-29(22-10-8-7-9-11-22)28-26-17-12-23(31(37)40-4)21-27(26)33-30(28)36/h7-17,21,32H,5-6,18-20H2,1-4H3,(H,33,36)/b29-28-. The van der Waals surface area contributed by atoms with Gasteiger partial charge in [-0.3, -0.25) is 9.10 Å². The van der Waals surface area contributed by atoms with Crippen molar-refractivity contribution in [3.63, 3.8) is 0 Å². The molecule has 4 rings (SSSR count). The first-order valence-corrected chi connectivity index (χ1v) is 15.1. The lowest BCUT2D eigenvalue weighted by molar-refractivity contribution is -0.110. The summed E-state index contributed by atoms with van der Waals surface area (Å²) in [5, 5.41) is 6.26. The van der Waals surface area contributed by atoms with E-state index in [2.05, 4.69) is 10.6 Å². The van der Waals surface area contributed by atoms with Crippen LogP contribution in [-0.4, -0.2) is 65.2 Å². The molecule has 10 heteroatoms. The normalized spacial score (nSPS) is 13.9. The van der Waals surface area contributed by atoms with E-state index in [4.69, 9.17) is 4.74 Å². The van der Waals surface area contributed by atoms with Crippen LogP contribution in [0.1, 0.15) is 41.3 Å². The van der Waals surface area contributed by atoms with Crippen LogP contribution in [0.25, 0.3) is 11.3 Å². The molecule has 0 fully saturated rings. The highest BCUT2D eigenvalue weighted by molar-refractivity contribution is 7.92. The summed E-state index contributed by atoms with van der Waals surface area (Å²) in [6.07, 6.45) is 1.39. The predicted octanol–water partition coefficient (Wildman–Crippen LogP) is 4.90. The Kier molecular flexibility index (Phi) is 9.46. The maximum Gasteiger partial charge on any atom is 0.337 e. The number of hydrogen-bond donors (Lipinski definition) is 2. The number of likely N-dealkylation sites (N-methyl/N-ethyl adjacent to an activating group) is 1. The Morgan fingerprint density at radius 2 is 1.66 bits per heavy atom. The van der Waals surface area contributed by atoms with E-state index in [0.29, 0.717) is 59.0 Å². The molecule has 0 atom stereocenters. The second-order valence-electron chi connectivity index (χ2n) is 10.0. The monoisotopic (exact) mass is 576 g/mol. The fourth-order valence-corrected chi connectivity index (χ4v) is 6.24. The number of rotatable bonds is 12. The summed E-state index contributed by atoms with van der Waals surface area (Å²) in [5.41, 5.74) is 4.59. The van der Waals surface area contributed by atoms with Gasteiger partial charge >= 0.3 is 5.97 Å². The van der Waals surface area contributed by atoms with Gasteiger partial charge in [0.05, 0.1) is 41.1 Å². The number of unbranched alkanes of at least 4 members (excludes halogenated alkanes) is 1. The van der Waals surface area contributed by atoms with Crippen molar-refractivity contribution in [1.82, 2.24) is 4.90 Å². The number of fused-ring (bicyclic) bond motifs is 1. The van der Waals surface area contributed by atoms with Crippen LogP contribution in [0.4, 0.5) is 17.1 Å². The number of amides is 1. The van der Waals surface area contributed by atoms with E-state index in [1.54, 1.807) is 30.3 Å². The van der Waals surface area contributed by atoms with Crippen molar-refractivity contribution in [2.75, 3.05) is 55.0 Å². The molecule has 0 saturated carbocycles. The summed E-state index contributed by atoms with van der Waals surface area (Å²) in [6, 6.07) is 21.6. The molecule has 0 unspecified atom stereocenters. The van der Waals surface area contributed by atoms with E-state index >= 15 is 0 Å². The molecule has 0 bridgehead atoms. The largest absolute Gasteiger partial charge is 0.465 e. The minimum Gasteiger partial charge on any atom is -0.465 e. The van der Waals surface area contributed by atoms with E-state index in [0.717, 1.165) is 12.0 Å². The quantitative estimate of drug-likeness (QED) is 0.233. The number of anilines is 3. The minimum absolute atomic E-state index is 0.0907. The number of hydrogen-bond acceptors (Lipinski definition) is 7. The Morgan fingerprint density at radius 1 is 0.951 bits per heavy atom. The summed E-state index contributed by atoms with van der Waals surface area (Å²) in [4.78, 5) is 27.2. The maximum atomic E-state index is 13.3. The number of sulfonamides is 1. The molecule has 1 aliphatic rings. The molecule has 216 valence electrons. The summed E-state index contributed by atoms with van der Waals surface area (Å²) >= 11 is 0. The molecular weight excluding hydrogens is 540 g/mol. The Bertz CT molecular complexity index is 1530. The molecule has 3 aromatic carbocycles. The van der Waals surface area contributed by atoms with Crippen LogP contribution in [-0.2, 0) is 19.6 Å². The van der Waals surface area contributed by atoms with Crippen LogP contribution in [0.2, 0.25) is 0 Å². The van der Waals surface area contributed by atoms with Crippen molar-refractivity contribution in [3.05, 3.63) is 89.5 Å². The lowest BCUT2D eigenvalue weighted by atomic mass is 9.99. The second-order valence-corrected chi connectivity index (χ2v) is 12.1. The van der Waals surface area contributed by atoms with Gasteiger partial charge in [-0.25, -0.2) is 13.2 Å². The molecule has 9 nitrogen and oxygen atoms in total. The molecule has 3 aromatic rings. The molecule has 2 N–H and O–H groups in total. The minimum atomic E-state index is -3.49. The fraction of sp³-hybridized carbons (Fsp3) is 0.290. The first-order valence-electron chi connectivity index (χ1n) is 13.5. The van der Waals surface area contributed by atoms with Crippen molar-refractivity contribution in [3.8, 4) is 0 Å². The predicted molar refractivity (Wildman–Crippen MR) is 164 cm³/mol. The SMILES string of the molecule is CCCCS(=O)(=O)N(CCN(C)C)c1ccc(N/C(=C2\C(=O)Nc3cc(C(=O)OC)ccc32)c2ccccc2)cc1. The topological polar surface area (TPSA) is 108 Å². The highest BCUT2D eigenvalue weighted by atomic mass is 32.2. The summed E-state index contributed by atoms with van der Waals surface area (Å²) < 4.78 is 32.6. The van der Waals surface area contributed by atoms with Gasteiger partial charge in [-0.1, -0.05) is 49.7 Å². The molecule has 0 spiro atoms. The molecule has 41 heavy (non-hydrogen) atoms. The summed E-state index contributed by atoms with van der Waals surface area (Å²) in [5.74, 6) is -0.702. The third-order valence-electron chi connectivity index (χ3n) is 6.76. The first kappa shape index (κ1) is 29.8. The van der Waals surface area contributed by atoms with Crippen molar-refractivity contribution in [2.45, 2.75) is 19.8 Å². The number of benzene rings is 3. The number of esters is 1. The third-order valence-corrected chi connectivity index (χ3v) is 8.63. The zero-order chi connectivity index (χ0) is 29.6. The number of ether oxygens (including phenoxy) is 1. The summed E-state index contributed by atoms with van der Waals surface area (Å²) in [6.45, 7) is 2.90. The zero-order valence-corrected chi connectivity index (χ0v) is 24.6. The maximum absolute atomic E-state index is 13.3. The van der Waals surface area contributed by atoms with Crippen molar-refractivity contribution in [2.24, 2.45) is 0 Å². The van der Waals surface area contributed by atoms with Gasteiger partial charge in [0.2, 0.25) is 10.0 Å². The smallest absolute Gasteiger partial charge is 0.337 e. The average molecular weight is 577 g/mol. The van der Waals surface area contributed by atoms with E-state index < -0.39 is 16.0 Å². The van der Waals surface area contributed by atoms with E-state index in [1.165, 1.54) is 11.4 Å². The van der Waals surface area contributed by atoms with Crippen LogP contribution in [0, 0.1) is 0 Å². The Morgan fingerprint density at radius 3 is 2.29 bits per heavy atom. The van der Waals surface area contributed by atoms with E-state index in [1.807, 2.05) is 68.4 Å². The molecular formula is C31H36N4O5S. The highest BCUT2D eigenvalue weighted by Crippen LogP contribution is 2.38. The molecule has 0 aliphatic carbocycles. The van der Waals surface area contributed by atoms with Gasteiger partial charge in [0.25, 0.3) is 5.91 Å². The van der Waals surface area contributed by atoms with Crippen molar-refractivity contribution >= 4 is 50.2 Å². The van der Waals surface area contributed by atoms with Crippen LogP contribution >= 0.6 is 0 Å². The van der Waals surface area contributed by atoms with Gasteiger partial charge in [-0.05, 0) is 62.5 Å².